The van der Waals surface area contributed by atoms with Gasteiger partial charge in [0.15, 0.2) is 0 Å². The number of aromatic amines is 1. The number of likely N-dealkylation sites (N-methyl/N-ethyl adjacent to an activating group) is 1. The zero-order chi connectivity index (χ0) is 17.1. The number of nitrogen functional groups attached to an aromatic ring is 1. The molecule has 0 bridgehead atoms. The number of H-pyrrole nitrogens is 1. The van der Waals surface area contributed by atoms with Gasteiger partial charge in [-0.3, -0.25) is 4.79 Å². The summed E-state index contributed by atoms with van der Waals surface area (Å²) in [4.78, 5) is 25.1. The third kappa shape index (κ3) is 3.57. The van der Waals surface area contributed by atoms with Gasteiger partial charge in [-0.25, -0.2) is 4.98 Å². The minimum Gasteiger partial charge on any atom is -0.368 e. The van der Waals surface area contributed by atoms with Gasteiger partial charge in [-0.15, -0.1) is 0 Å². The maximum Gasteiger partial charge on any atom is 0.270 e. The van der Waals surface area contributed by atoms with Gasteiger partial charge >= 0.3 is 0 Å². The van der Waals surface area contributed by atoms with Crippen LogP contribution in [0.3, 0.4) is 0 Å². The number of nitrogens with zero attached hydrogens (tertiary/aromatic N) is 3. The van der Waals surface area contributed by atoms with Gasteiger partial charge in [-0.1, -0.05) is 11.6 Å². The lowest BCUT2D eigenvalue weighted by molar-refractivity contribution is 0.0795. The molecule has 0 aliphatic heterocycles. The Balaban J connectivity index is 1.61. The van der Waals surface area contributed by atoms with Crippen molar-refractivity contribution in [1.29, 1.82) is 0 Å². The van der Waals surface area contributed by atoms with Crippen molar-refractivity contribution in [3.63, 3.8) is 0 Å². The number of halogens is 1. The molecule has 0 aliphatic carbocycles. The molecule has 1 aromatic carbocycles. The summed E-state index contributed by atoms with van der Waals surface area (Å²) in [6.45, 7) is 1.06. The maximum absolute atomic E-state index is 12.5. The van der Waals surface area contributed by atoms with Crippen molar-refractivity contribution in [3.05, 3.63) is 47.2 Å². The predicted octanol–water partition coefficient (Wildman–Crippen LogP) is 2.38. The van der Waals surface area contributed by atoms with Gasteiger partial charge in [0.05, 0.1) is 0 Å². The fourth-order valence-corrected chi connectivity index (χ4v) is 2.53. The molecule has 0 saturated heterocycles. The first-order valence-corrected chi connectivity index (χ1v) is 7.77. The Kier molecular flexibility index (Phi) is 4.52. The predicted molar refractivity (Wildman–Crippen MR) is 95.2 cm³/mol. The van der Waals surface area contributed by atoms with E-state index in [2.05, 4.69) is 20.3 Å². The summed E-state index contributed by atoms with van der Waals surface area (Å²) in [7, 11) is 1.75. The molecule has 2 heterocycles. The van der Waals surface area contributed by atoms with E-state index < -0.39 is 0 Å². The van der Waals surface area contributed by atoms with Crippen LogP contribution in [-0.2, 0) is 0 Å². The molecule has 0 atom stereocenters. The van der Waals surface area contributed by atoms with Crippen LogP contribution in [0.2, 0.25) is 5.02 Å². The van der Waals surface area contributed by atoms with E-state index in [0.717, 1.165) is 10.9 Å². The molecule has 0 saturated carbocycles. The van der Waals surface area contributed by atoms with Crippen molar-refractivity contribution in [2.45, 2.75) is 0 Å². The quantitative estimate of drug-likeness (QED) is 0.659. The molecule has 8 heteroatoms. The third-order valence-electron chi connectivity index (χ3n) is 3.59. The molecule has 1 amide bonds. The second kappa shape index (κ2) is 6.76. The number of nitrogens with one attached hydrogen (secondary N) is 2. The summed E-state index contributed by atoms with van der Waals surface area (Å²) >= 11 is 5.97. The van der Waals surface area contributed by atoms with Crippen molar-refractivity contribution in [3.8, 4) is 0 Å². The van der Waals surface area contributed by atoms with Crippen LogP contribution in [0.4, 0.5) is 11.8 Å². The highest BCUT2D eigenvalue weighted by Crippen LogP contribution is 2.20. The lowest BCUT2D eigenvalue weighted by Crippen LogP contribution is -2.31. The molecule has 0 fully saturated rings. The highest BCUT2D eigenvalue weighted by molar-refractivity contribution is 6.31. The zero-order valence-electron chi connectivity index (χ0n) is 13.1. The molecule has 7 nitrogen and oxygen atoms in total. The normalized spacial score (nSPS) is 10.8. The van der Waals surface area contributed by atoms with Crippen LogP contribution in [0.15, 0.2) is 36.5 Å². The Bertz CT molecular complexity index is 878. The molecule has 0 spiro atoms. The van der Waals surface area contributed by atoms with Gasteiger partial charge in [0, 0.05) is 42.3 Å². The summed E-state index contributed by atoms with van der Waals surface area (Å²) < 4.78 is 0. The topological polar surface area (TPSA) is 99.9 Å². The summed E-state index contributed by atoms with van der Waals surface area (Å²) in [6, 6.07) is 8.99. The first-order valence-electron chi connectivity index (χ1n) is 7.39. The largest absolute Gasteiger partial charge is 0.368 e. The van der Waals surface area contributed by atoms with Crippen LogP contribution in [-0.4, -0.2) is 45.9 Å². The second-order valence-electron chi connectivity index (χ2n) is 5.37. The number of anilines is 2. The number of hydrogen-bond acceptors (Lipinski definition) is 5. The molecule has 0 unspecified atom stereocenters. The first kappa shape index (κ1) is 16.1. The number of benzene rings is 1. The average molecular weight is 345 g/mol. The summed E-state index contributed by atoms with van der Waals surface area (Å²) in [6.07, 6.45) is 1.58. The van der Waals surface area contributed by atoms with Gasteiger partial charge in [0.2, 0.25) is 5.95 Å². The van der Waals surface area contributed by atoms with Gasteiger partial charge in [-0.05, 0) is 30.3 Å². The SMILES string of the molecule is CN(CCNc1ccnc(N)n1)C(=O)c1cc2cc(Cl)ccc2[nH]1. The van der Waals surface area contributed by atoms with Gasteiger partial charge in [-0.2, -0.15) is 4.98 Å². The van der Waals surface area contributed by atoms with E-state index in [1.165, 1.54) is 0 Å². The van der Waals surface area contributed by atoms with Crippen molar-refractivity contribution < 1.29 is 4.79 Å². The molecular weight excluding hydrogens is 328 g/mol. The molecule has 3 aromatic rings. The van der Waals surface area contributed by atoms with E-state index in [-0.39, 0.29) is 11.9 Å². The van der Waals surface area contributed by atoms with Crippen LogP contribution in [0.5, 0.6) is 0 Å². The van der Waals surface area contributed by atoms with Crippen molar-refractivity contribution in [2.75, 3.05) is 31.2 Å². The Morgan fingerprint density at radius 3 is 3.00 bits per heavy atom. The number of fused-ring (bicyclic) bond motifs is 1. The van der Waals surface area contributed by atoms with E-state index in [1.54, 1.807) is 36.3 Å². The molecular formula is C16H17ClN6O. The number of rotatable bonds is 5. The van der Waals surface area contributed by atoms with Gasteiger partial charge in [0.25, 0.3) is 5.91 Å². The van der Waals surface area contributed by atoms with Crippen LogP contribution >= 0.6 is 11.6 Å². The lowest BCUT2D eigenvalue weighted by atomic mass is 10.2. The Morgan fingerprint density at radius 2 is 2.21 bits per heavy atom. The Morgan fingerprint density at radius 1 is 1.38 bits per heavy atom. The van der Waals surface area contributed by atoms with Crippen LogP contribution in [0.1, 0.15) is 10.5 Å². The van der Waals surface area contributed by atoms with Crippen molar-refractivity contribution in [2.24, 2.45) is 0 Å². The number of hydrogen-bond donors (Lipinski definition) is 3. The second-order valence-corrected chi connectivity index (χ2v) is 5.80. The maximum atomic E-state index is 12.5. The molecule has 124 valence electrons. The molecule has 4 N–H and O–H groups in total. The molecule has 3 rings (SSSR count). The fraction of sp³-hybridized carbons (Fsp3) is 0.188. The van der Waals surface area contributed by atoms with Crippen molar-refractivity contribution >= 4 is 40.2 Å². The summed E-state index contributed by atoms with van der Waals surface area (Å²) in [5.74, 6) is 0.746. The zero-order valence-corrected chi connectivity index (χ0v) is 13.8. The third-order valence-corrected chi connectivity index (χ3v) is 3.82. The Labute approximate surface area is 143 Å². The number of carbonyl (C=O) groups is 1. The van der Waals surface area contributed by atoms with E-state index in [0.29, 0.717) is 29.6 Å². The molecule has 0 aliphatic rings. The van der Waals surface area contributed by atoms with E-state index in [9.17, 15) is 4.79 Å². The smallest absolute Gasteiger partial charge is 0.270 e. The standard InChI is InChI=1S/C16H17ClN6O/c1-23(7-6-19-14-4-5-20-16(18)22-14)15(24)13-9-10-8-11(17)2-3-12(10)21-13/h2-5,8-9,21H,6-7H2,1H3,(H3,18,19,20,22). The summed E-state index contributed by atoms with van der Waals surface area (Å²) in [5.41, 5.74) is 6.93. The number of nitrogens with two attached hydrogens (primary N) is 1. The summed E-state index contributed by atoms with van der Waals surface area (Å²) in [5, 5.41) is 4.66. The average Bonchev–Trinajstić information content (AvgIpc) is 2.97. The van der Waals surface area contributed by atoms with E-state index >= 15 is 0 Å². The molecule has 0 radical (unpaired) electrons. The monoisotopic (exact) mass is 344 g/mol. The van der Waals surface area contributed by atoms with Gasteiger partial charge < -0.3 is 20.9 Å². The molecule has 2 aromatic heterocycles. The number of carbonyl (C=O) groups excluding carboxylic acids is 1. The van der Waals surface area contributed by atoms with Crippen LogP contribution in [0, 0.1) is 0 Å². The fourth-order valence-electron chi connectivity index (χ4n) is 2.35. The Hall–Kier alpha value is -2.80. The first-order chi connectivity index (χ1) is 11.5. The van der Waals surface area contributed by atoms with Gasteiger partial charge in [0.1, 0.15) is 11.5 Å². The minimum atomic E-state index is -0.0914. The van der Waals surface area contributed by atoms with Crippen LogP contribution < -0.4 is 11.1 Å². The van der Waals surface area contributed by atoms with Crippen molar-refractivity contribution in [1.82, 2.24) is 19.9 Å². The number of amides is 1. The highest BCUT2D eigenvalue weighted by Gasteiger charge is 2.14. The number of aromatic nitrogens is 3. The lowest BCUT2D eigenvalue weighted by Gasteiger charge is -2.16. The van der Waals surface area contributed by atoms with E-state index in [4.69, 9.17) is 17.3 Å². The molecule has 24 heavy (non-hydrogen) atoms. The van der Waals surface area contributed by atoms with E-state index in [1.807, 2.05) is 12.1 Å². The minimum absolute atomic E-state index is 0.0914. The van der Waals surface area contributed by atoms with Crippen LogP contribution in [0.25, 0.3) is 10.9 Å². The highest BCUT2D eigenvalue weighted by atomic mass is 35.5.